The second-order valence-corrected chi connectivity index (χ2v) is 4.40. The van der Waals surface area contributed by atoms with Crippen LogP contribution in [0, 0.1) is 5.92 Å². The van der Waals surface area contributed by atoms with Gasteiger partial charge in [0.05, 0.1) is 6.61 Å². The standard InChI is InChI=1S/C10H13BrN2O/c11-9-1-2-10(13-6-9)14-7-8-3-4-12-5-8/h1-2,6,8,12H,3-5,7H2. The largest absolute Gasteiger partial charge is 0.477 e. The molecule has 0 aromatic carbocycles. The molecule has 3 nitrogen and oxygen atoms in total. The highest BCUT2D eigenvalue weighted by molar-refractivity contribution is 9.10. The Morgan fingerprint density at radius 3 is 3.14 bits per heavy atom. The van der Waals surface area contributed by atoms with Crippen molar-refractivity contribution in [3.8, 4) is 5.88 Å². The lowest BCUT2D eigenvalue weighted by molar-refractivity contribution is 0.251. The normalized spacial score (nSPS) is 21.1. The van der Waals surface area contributed by atoms with Gasteiger partial charge < -0.3 is 10.1 Å². The van der Waals surface area contributed by atoms with Gasteiger partial charge in [-0.25, -0.2) is 4.98 Å². The van der Waals surface area contributed by atoms with E-state index in [-0.39, 0.29) is 0 Å². The molecule has 1 saturated heterocycles. The zero-order valence-corrected chi connectivity index (χ0v) is 9.46. The number of nitrogens with one attached hydrogen (secondary N) is 1. The van der Waals surface area contributed by atoms with E-state index in [9.17, 15) is 0 Å². The van der Waals surface area contributed by atoms with Crippen molar-refractivity contribution < 1.29 is 4.74 Å². The first kappa shape index (κ1) is 9.93. The van der Waals surface area contributed by atoms with Crippen LogP contribution in [0.3, 0.4) is 0 Å². The average Bonchev–Trinajstić information content (AvgIpc) is 2.70. The molecule has 1 N–H and O–H groups in total. The van der Waals surface area contributed by atoms with Crippen LogP contribution in [0.4, 0.5) is 0 Å². The van der Waals surface area contributed by atoms with Gasteiger partial charge in [-0.15, -0.1) is 0 Å². The lowest BCUT2D eigenvalue weighted by atomic mass is 10.1. The van der Waals surface area contributed by atoms with E-state index in [0.717, 1.165) is 24.2 Å². The van der Waals surface area contributed by atoms with E-state index < -0.39 is 0 Å². The molecule has 0 radical (unpaired) electrons. The minimum absolute atomic E-state index is 0.639. The highest BCUT2D eigenvalue weighted by atomic mass is 79.9. The van der Waals surface area contributed by atoms with Crippen LogP contribution >= 0.6 is 15.9 Å². The number of hydrogen-bond donors (Lipinski definition) is 1. The van der Waals surface area contributed by atoms with Crippen molar-refractivity contribution in [2.75, 3.05) is 19.7 Å². The molecule has 1 aliphatic heterocycles. The van der Waals surface area contributed by atoms with E-state index in [1.807, 2.05) is 12.1 Å². The van der Waals surface area contributed by atoms with E-state index in [1.165, 1.54) is 6.42 Å². The van der Waals surface area contributed by atoms with Gasteiger partial charge in [-0.05, 0) is 35.0 Å². The van der Waals surface area contributed by atoms with Crippen LogP contribution in [0.15, 0.2) is 22.8 Å². The number of rotatable bonds is 3. The maximum Gasteiger partial charge on any atom is 0.213 e. The second kappa shape index (κ2) is 4.75. The summed E-state index contributed by atoms with van der Waals surface area (Å²) in [6, 6.07) is 3.82. The van der Waals surface area contributed by atoms with Gasteiger partial charge in [0.25, 0.3) is 0 Å². The molecule has 1 atom stereocenters. The lowest BCUT2D eigenvalue weighted by Crippen LogP contribution is -2.15. The summed E-state index contributed by atoms with van der Waals surface area (Å²) < 4.78 is 6.55. The molecule has 76 valence electrons. The molecule has 1 aromatic rings. The third-order valence-electron chi connectivity index (χ3n) is 2.33. The summed E-state index contributed by atoms with van der Waals surface area (Å²) in [5.74, 6) is 1.35. The smallest absolute Gasteiger partial charge is 0.213 e. The molecule has 2 heterocycles. The molecule has 1 aliphatic rings. The molecular formula is C10H13BrN2O. The summed E-state index contributed by atoms with van der Waals surface area (Å²) in [4.78, 5) is 4.15. The molecule has 0 spiro atoms. The number of pyridine rings is 1. The zero-order valence-electron chi connectivity index (χ0n) is 7.87. The van der Waals surface area contributed by atoms with Gasteiger partial charge in [0.15, 0.2) is 0 Å². The molecule has 1 aromatic heterocycles. The molecule has 0 aliphatic carbocycles. The lowest BCUT2D eigenvalue weighted by Gasteiger charge is -2.09. The number of hydrogen-bond acceptors (Lipinski definition) is 3. The van der Waals surface area contributed by atoms with Gasteiger partial charge >= 0.3 is 0 Å². The average molecular weight is 257 g/mol. The number of aromatic nitrogens is 1. The first-order chi connectivity index (χ1) is 6.84. The minimum atomic E-state index is 0.639. The molecule has 1 fully saturated rings. The fourth-order valence-corrected chi connectivity index (χ4v) is 1.74. The van der Waals surface area contributed by atoms with E-state index in [2.05, 4.69) is 26.2 Å². The van der Waals surface area contributed by atoms with Crippen molar-refractivity contribution in [2.45, 2.75) is 6.42 Å². The van der Waals surface area contributed by atoms with Crippen LogP contribution in [0.25, 0.3) is 0 Å². The van der Waals surface area contributed by atoms with Crippen molar-refractivity contribution in [2.24, 2.45) is 5.92 Å². The maximum absolute atomic E-state index is 5.57. The zero-order chi connectivity index (χ0) is 9.80. The van der Waals surface area contributed by atoms with Crippen LogP contribution in [-0.2, 0) is 0 Å². The molecule has 4 heteroatoms. The Morgan fingerprint density at radius 1 is 1.57 bits per heavy atom. The molecule has 14 heavy (non-hydrogen) atoms. The minimum Gasteiger partial charge on any atom is -0.477 e. The summed E-state index contributed by atoms with van der Waals surface area (Å²) >= 11 is 3.33. The van der Waals surface area contributed by atoms with Crippen LogP contribution in [0.5, 0.6) is 5.88 Å². The molecule has 1 unspecified atom stereocenters. The van der Waals surface area contributed by atoms with Gasteiger partial charge in [-0.1, -0.05) is 0 Å². The van der Waals surface area contributed by atoms with Crippen LogP contribution in [0.1, 0.15) is 6.42 Å². The first-order valence-electron chi connectivity index (χ1n) is 4.79. The highest BCUT2D eigenvalue weighted by Gasteiger charge is 2.14. The van der Waals surface area contributed by atoms with Gasteiger partial charge in [0, 0.05) is 29.2 Å². The van der Waals surface area contributed by atoms with Crippen LogP contribution in [-0.4, -0.2) is 24.7 Å². The number of halogens is 1. The third kappa shape index (κ3) is 2.69. The van der Waals surface area contributed by atoms with Gasteiger partial charge in [0.1, 0.15) is 0 Å². The van der Waals surface area contributed by atoms with Gasteiger partial charge in [0.2, 0.25) is 5.88 Å². The van der Waals surface area contributed by atoms with Crippen molar-refractivity contribution in [3.05, 3.63) is 22.8 Å². The summed E-state index contributed by atoms with van der Waals surface area (Å²) in [6.07, 6.45) is 2.96. The van der Waals surface area contributed by atoms with Gasteiger partial charge in [-0.3, -0.25) is 0 Å². The predicted molar refractivity (Wildman–Crippen MR) is 58.4 cm³/mol. The summed E-state index contributed by atoms with van der Waals surface area (Å²) in [5, 5.41) is 3.31. The Bertz CT molecular complexity index is 283. The molecule has 0 bridgehead atoms. The Balaban J connectivity index is 1.82. The molecule has 0 saturated carbocycles. The van der Waals surface area contributed by atoms with Gasteiger partial charge in [-0.2, -0.15) is 0 Å². The molecular weight excluding hydrogens is 244 g/mol. The van der Waals surface area contributed by atoms with Crippen molar-refractivity contribution in [1.29, 1.82) is 0 Å². The third-order valence-corrected chi connectivity index (χ3v) is 2.80. The monoisotopic (exact) mass is 256 g/mol. The Hall–Kier alpha value is -0.610. The van der Waals surface area contributed by atoms with Crippen molar-refractivity contribution >= 4 is 15.9 Å². The van der Waals surface area contributed by atoms with Crippen LogP contribution in [0.2, 0.25) is 0 Å². The number of nitrogens with zero attached hydrogens (tertiary/aromatic N) is 1. The second-order valence-electron chi connectivity index (χ2n) is 3.48. The first-order valence-corrected chi connectivity index (χ1v) is 5.59. The Morgan fingerprint density at radius 2 is 2.50 bits per heavy atom. The van der Waals surface area contributed by atoms with Crippen molar-refractivity contribution in [3.63, 3.8) is 0 Å². The highest BCUT2D eigenvalue weighted by Crippen LogP contribution is 2.14. The van der Waals surface area contributed by atoms with Crippen molar-refractivity contribution in [1.82, 2.24) is 10.3 Å². The number of ether oxygens (including phenoxy) is 1. The Labute approximate surface area is 92.0 Å². The summed E-state index contributed by atoms with van der Waals surface area (Å²) in [7, 11) is 0. The predicted octanol–water partition coefficient (Wildman–Crippen LogP) is 1.83. The molecule has 2 rings (SSSR count). The topological polar surface area (TPSA) is 34.1 Å². The fourth-order valence-electron chi connectivity index (χ4n) is 1.51. The van der Waals surface area contributed by atoms with E-state index in [0.29, 0.717) is 11.8 Å². The van der Waals surface area contributed by atoms with E-state index in [1.54, 1.807) is 6.20 Å². The SMILES string of the molecule is Brc1ccc(OCC2CCNC2)nc1. The quantitative estimate of drug-likeness (QED) is 0.897. The van der Waals surface area contributed by atoms with Crippen LogP contribution < -0.4 is 10.1 Å². The summed E-state index contributed by atoms with van der Waals surface area (Å²) in [6.45, 7) is 2.94. The molecule has 0 amide bonds. The fraction of sp³-hybridized carbons (Fsp3) is 0.500. The summed E-state index contributed by atoms with van der Waals surface area (Å²) in [5.41, 5.74) is 0. The Kier molecular flexibility index (Phi) is 3.37. The maximum atomic E-state index is 5.57. The van der Waals surface area contributed by atoms with E-state index in [4.69, 9.17) is 4.74 Å². The van der Waals surface area contributed by atoms with E-state index >= 15 is 0 Å².